The van der Waals surface area contributed by atoms with Crippen molar-refractivity contribution in [1.82, 2.24) is 4.90 Å². The Balaban J connectivity index is 1.57. The van der Waals surface area contributed by atoms with Gasteiger partial charge < -0.3 is 9.57 Å². The number of alkyl halides is 3. The molecule has 1 fully saturated rings. The van der Waals surface area contributed by atoms with E-state index in [2.05, 4.69) is 5.16 Å². The highest BCUT2D eigenvalue weighted by Crippen LogP contribution is 2.49. The summed E-state index contributed by atoms with van der Waals surface area (Å²) in [5.41, 5.74) is -3.45. The van der Waals surface area contributed by atoms with Crippen molar-refractivity contribution in [2.45, 2.75) is 43.6 Å². The fraction of sp³-hybridized carbons (Fsp3) is 0.333. The second kappa shape index (κ2) is 8.98. The lowest BCUT2D eigenvalue weighted by atomic mass is 9.86. The number of oxime groups is 1. The van der Waals surface area contributed by atoms with Gasteiger partial charge in [-0.3, -0.25) is 4.79 Å². The summed E-state index contributed by atoms with van der Waals surface area (Å²) in [4.78, 5) is 30.9. The zero-order valence-electron chi connectivity index (χ0n) is 18.9. The highest BCUT2D eigenvalue weighted by molar-refractivity contribution is 6.34. The molecule has 1 aliphatic heterocycles. The van der Waals surface area contributed by atoms with Gasteiger partial charge in [-0.2, -0.15) is 18.4 Å². The van der Waals surface area contributed by atoms with Crippen LogP contribution in [0.25, 0.3) is 0 Å². The zero-order chi connectivity index (χ0) is 26.5. The maximum Gasteiger partial charge on any atom is 0.435 e. The third kappa shape index (κ3) is 4.61. The van der Waals surface area contributed by atoms with Gasteiger partial charge in [-0.15, -0.1) is 0 Å². The van der Waals surface area contributed by atoms with Gasteiger partial charge in [-0.25, -0.2) is 9.69 Å². The van der Waals surface area contributed by atoms with Gasteiger partial charge in [0.15, 0.2) is 5.60 Å². The number of amides is 2. The van der Waals surface area contributed by atoms with Gasteiger partial charge >= 0.3 is 12.3 Å². The van der Waals surface area contributed by atoms with Crippen molar-refractivity contribution < 1.29 is 32.3 Å². The molecule has 12 heteroatoms. The summed E-state index contributed by atoms with van der Waals surface area (Å²) in [7, 11) is 1.22. The number of hydrogen-bond acceptors (Lipinski definition) is 6. The molecule has 1 unspecified atom stereocenters. The average Bonchev–Trinajstić information content (AvgIpc) is 3.41. The average molecular weight is 540 g/mol. The summed E-state index contributed by atoms with van der Waals surface area (Å²) in [5.74, 6) is -0.694. The van der Waals surface area contributed by atoms with E-state index in [0.29, 0.717) is 24.0 Å². The molecule has 7 nitrogen and oxygen atoms in total. The van der Waals surface area contributed by atoms with Gasteiger partial charge in [0, 0.05) is 47.5 Å². The lowest BCUT2D eigenvalue weighted by molar-refractivity contribution is -0.275. The Morgan fingerprint density at radius 2 is 1.81 bits per heavy atom. The maximum absolute atomic E-state index is 14.2. The van der Waals surface area contributed by atoms with Crippen LogP contribution in [0.5, 0.6) is 0 Å². The van der Waals surface area contributed by atoms with E-state index in [1.54, 1.807) is 6.92 Å². The molecule has 1 heterocycles. The topological polar surface area (TPSA) is 92.0 Å². The number of benzene rings is 2. The molecule has 1 saturated carbocycles. The lowest BCUT2D eigenvalue weighted by Crippen LogP contribution is -2.42. The highest BCUT2D eigenvalue weighted by Gasteiger charge is 2.62. The molecule has 0 bridgehead atoms. The molecule has 1 atom stereocenters. The number of hydrogen-bond donors (Lipinski definition) is 0. The summed E-state index contributed by atoms with van der Waals surface area (Å²) in [6.07, 6.45) is -5.66. The number of carbonyl (C=O) groups is 2. The van der Waals surface area contributed by atoms with Crippen LogP contribution in [0.2, 0.25) is 10.0 Å². The Hall–Kier alpha value is -3.29. The molecular formula is C24H18Cl2F3N3O4. The van der Waals surface area contributed by atoms with Crippen LogP contribution in [-0.4, -0.2) is 41.4 Å². The molecule has 2 aromatic carbocycles. The monoisotopic (exact) mass is 539 g/mol. The number of nitriles is 1. The summed E-state index contributed by atoms with van der Waals surface area (Å²) in [6.45, 7) is 1.57. The number of imide groups is 1. The Bertz CT molecular complexity index is 1310. The number of carbonyl (C=O) groups excluding carboxylic acids is 2. The number of ether oxygens (including phenoxy) is 1. The van der Waals surface area contributed by atoms with E-state index in [1.807, 2.05) is 6.07 Å². The van der Waals surface area contributed by atoms with Gasteiger partial charge in [0.25, 0.3) is 11.5 Å². The van der Waals surface area contributed by atoms with Crippen LogP contribution in [0.3, 0.4) is 0 Å². The molecule has 1 aliphatic carbocycles. The van der Waals surface area contributed by atoms with Crippen LogP contribution in [0.4, 0.5) is 18.0 Å². The fourth-order valence-corrected chi connectivity index (χ4v) is 4.30. The lowest BCUT2D eigenvalue weighted by Gasteiger charge is -2.29. The van der Waals surface area contributed by atoms with Gasteiger partial charge in [-0.1, -0.05) is 34.4 Å². The Morgan fingerprint density at radius 3 is 2.33 bits per heavy atom. The fourth-order valence-electron chi connectivity index (χ4n) is 3.78. The molecule has 2 aromatic rings. The molecule has 2 aliphatic rings. The van der Waals surface area contributed by atoms with E-state index in [-0.39, 0.29) is 26.9 Å². The number of nitrogens with zero attached hydrogens (tertiary/aromatic N) is 3. The molecule has 0 aromatic heterocycles. The van der Waals surface area contributed by atoms with E-state index in [0.717, 1.165) is 17.0 Å². The van der Waals surface area contributed by atoms with E-state index in [4.69, 9.17) is 38.0 Å². The van der Waals surface area contributed by atoms with Crippen LogP contribution >= 0.6 is 23.2 Å². The minimum atomic E-state index is -4.84. The minimum absolute atomic E-state index is 0.00276. The van der Waals surface area contributed by atoms with Crippen LogP contribution < -0.4 is 0 Å². The normalized spacial score (nSPS) is 20.1. The number of halogens is 5. The molecular weight excluding hydrogens is 522 g/mol. The predicted molar refractivity (Wildman–Crippen MR) is 124 cm³/mol. The smallest absolute Gasteiger partial charge is 0.427 e. The molecule has 0 radical (unpaired) electrons. The van der Waals surface area contributed by atoms with Gasteiger partial charge in [0.05, 0.1) is 5.71 Å². The maximum atomic E-state index is 14.2. The largest absolute Gasteiger partial charge is 0.435 e. The Kier molecular flexibility index (Phi) is 6.43. The predicted octanol–water partition coefficient (Wildman–Crippen LogP) is 6.15. The molecule has 0 saturated heterocycles. The van der Waals surface area contributed by atoms with Crippen molar-refractivity contribution in [1.29, 1.82) is 5.26 Å². The van der Waals surface area contributed by atoms with Gasteiger partial charge in [0.2, 0.25) is 0 Å². The third-order valence-corrected chi connectivity index (χ3v) is 6.51. The van der Waals surface area contributed by atoms with E-state index >= 15 is 0 Å². The van der Waals surface area contributed by atoms with E-state index < -0.39 is 35.8 Å². The molecule has 188 valence electrons. The van der Waals surface area contributed by atoms with Gasteiger partial charge in [0.1, 0.15) is 6.07 Å². The second-order valence-electron chi connectivity index (χ2n) is 8.66. The van der Waals surface area contributed by atoms with Crippen molar-refractivity contribution in [2.75, 3.05) is 7.05 Å². The summed E-state index contributed by atoms with van der Waals surface area (Å²) < 4.78 is 47.8. The summed E-state index contributed by atoms with van der Waals surface area (Å²) in [6, 6.07) is 9.72. The number of aryl methyl sites for hydroxylation is 1. The van der Waals surface area contributed by atoms with Crippen LogP contribution in [0, 0.1) is 18.3 Å². The first-order valence-electron chi connectivity index (χ1n) is 10.6. The molecule has 0 spiro atoms. The first kappa shape index (κ1) is 25.8. The summed E-state index contributed by atoms with van der Waals surface area (Å²) >= 11 is 11.9. The minimum Gasteiger partial charge on any atom is -0.427 e. The van der Waals surface area contributed by atoms with Crippen LogP contribution in [0.15, 0.2) is 41.6 Å². The van der Waals surface area contributed by atoms with Crippen molar-refractivity contribution in [3.05, 3.63) is 68.7 Å². The Labute approximate surface area is 214 Å². The molecule has 36 heavy (non-hydrogen) atoms. The Morgan fingerprint density at radius 1 is 1.17 bits per heavy atom. The van der Waals surface area contributed by atoms with Crippen molar-refractivity contribution >= 4 is 40.9 Å². The van der Waals surface area contributed by atoms with Crippen LogP contribution in [-0.2, 0) is 15.2 Å². The van der Waals surface area contributed by atoms with Crippen LogP contribution in [0.1, 0.15) is 46.3 Å². The van der Waals surface area contributed by atoms with Crippen molar-refractivity contribution in [3.8, 4) is 6.07 Å². The zero-order valence-corrected chi connectivity index (χ0v) is 20.5. The van der Waals surface area contributed by atoms with Crippen molar-refractivity contribution in [3.63, 3.8) is 0 Å². The standard InChI is InChI=1S/C24H18Cl2F3N3O4/c1-13-7-14(3-4-18(13)20(33)32(2)21(34)35-22(12-30)5-6-22)19-11-23(36-31-19,24(27,28)29)15-8-16(25)10-17(26)9-15/h3-4,7-10H,5-6,11H2,1-2H3. The van der Waals surface area contributed by atoms with Gasteiger partial charge in [-0.05, 0) is 48.4 Å². The molecule has 4 rings (SSSR count). The summed E-state index contributed by atoms with van der Waals surface area (Å²) in [5, 5.41) is 12.8. The first-order chi connectivity index (χ1) is 16.8. The number of rotatable bonds is 4. The quantitative estimate of drug-likeness (QED) is 0.464. The van der Waals surface area contributed by atoms with E-state index in [9.17, 15) is 22.8 Å². The highest BCUT2D eigenvalue weighted by atomic mass is 35.5. The molecule has 0 N–H and O–H groups in total. The SMILES string of the molecule is Cc1cc(C2=NOC(c3cc(Cl)cc(Cl)c3)(C(F)(F)F)C2)ccc1C(=O)N(C)C(=O)OC1(C#N)CC1. The second-order valence-corrected chi connectivity index (χ2v) is 9.53. The van der Waals surface area contributed by atoms with Crippen molar-refractivity contribution in [2.24, 2.45) is 5.16 Å². The first-order valence-corrected chi connectivity index (χ1v) is 11.4. The molecule has 2 amide bonds. The van der Waals surface area contributed by atoms with E-state index in [1.165, 1.54) is 31.3 Å². The third-order valence-electron chi connectivity index (χ3n) is 6.07.